The number of ether oxygens (including phenoxy) is 2. The molecule has 1 aromatic heterocycles. The Morgan fingerprint density at radius 2 is 1.96 bits per heavy atom. The number of esters is 1. The van der Waals surface area contributed by atoms with Gasteiger partial charge in [-0.1, -0.05) is 11.6 Å². The topological polar surface area (TPSA) is 76.6 Å². The number of carbonyl (C=O) groups excluding carboxylic acids is 1. The first-order chi connectivity index (χ1) is 12.6. The molecule has 2 aliphatic heterocycles. The van der Waals surface area contributed by atoms with Crippen molar-refractivity contribution < 1.29 is 14.3 Å². The van der Waals surface area contributed by atoms with E-state index < -0.39 is 0 Å². The Kier molecular flexibility index (Phi) is 4.67. The summed E-state index contributed by atoms with van der Waals surface area (Å²) in [7, 11) is 1.57. The maximum absolute atomic E-state index is 12.5. The minimum atomic E-state index is -0.121. The second kappa shape index (κ2) is 6.96. The number of aromatic amines is 1. The number of fused-ring (bicyclic) bond motifs is 1. The average molecular weight is 380 g/mol. The highest BCUT2D eigenvalue weighted by Gasteiger charge is 2.31. The van der Waals surface area contributed by atoms with E-state index in [2.05, 4.69) is 9.88 Å². The van der Waals surface area contributed by atoms with Gasteiger partial charge >= 0.3 is 11.7 Å². The summed E-state index contributed by atoms with van der Waals surface area (Å²) in [6, 6.07) is 3.93. The van der Waals surface area contributed by atoms with Crippen molar-refractivity contribution in [3.05, 3.63) is 27.6 Å². The number of nitrogens with one attached hydrogen (secondary N) is 1. The molecule has 3 heterocycles. The SMILES string of the molecule is COc1cc2c(cc1Cl)[nH]c(=O)n2C1CCN(C2CCOC(=O)C2)CC1. The number of methoxy groups -OCH3 is 1. The van der Waals surface area contributed by atoms with Crippen LogP contribution in [0.5, 0.6) is 5.75 Å². The maximum Gasteiger partial charge on any atom is 0.326 e. The number of benzene rings is 1. The van der Waals surface area contributed by atoms with Crippen molar-refractivity contribution in [1.29, 1.82) is 0 Å². The van der Waals surface area contributed by atoms with Crippen LogP contribution in [0.4, 0.5) is 0 Å². The first-order valence-corrected chi connectivity index (χ1v) is 9.32. The van der Waals surface area contributed by atoms with Crippen LogP contribution in [0, 0.1) is 0 Å². The van der Waals surface area contributed by atoms with Crippen molar-refractivity contribution in [2.45, 2.75) is 37.8 Å². The summed E-state index contributed by atoms with van der Waals surface area (Å²) in [6.45, 7) is 2.24. The Balaban J connectivity index is 1.55. The lowest BCUT2D eigenvalue weighted by molar-refractivity contribution is -0.150. The Bertz CT molecular complexity index is 882. The smallest absolute Gasteiger partial charge is 0.326 e. The number of halogens is 1. The molecule has 0 amide bonds. The average Bonchev–Trinajstić information content (AvgIpc) is 2.95. The van der Waals surface area contributed by atoms with E-state index in [1.807, 2.05) is 10.6 Å². The van der Waals surface area contributed by atoms with E-state index >= 15 is 0 Å². The highest BCUT2D eigenvalue weighted by atomic mass is 35.5. The molecule has 26 heavy (non-hydrogen) atoms. The number of cyclic esters (lactones) is 1. The molecule has 0 aliphatic carbocycles. The molecule has 1 unspecified atom stereocenters. The molecular formula is C18H22ClN3O4. The van der Waals surface area contributed by atoms with Gasteiger partial charge in [0.25, 0.3) is 0 Å². The number of carbonyl (C=O) groups is 1. The Hall–Kier alpha value is -1.99. The van der Waals surface area contributed by atoms with Crippen LogP contribution in [0.3, 0.4) is 0 Å². The summed E-state index contributed by atoms with van der Waals surface area (Å²) >= 11 is 6.17. The molecule has 1 aromatic carbocycles. The van der Waals surface area contributed by atoms with Gasteiger partial charge in [-0.05, 0) is 25.3 Å². The van der Waals surface area contributed by atoms with Crippen LogP contribution in [0.2, 0.25) is 5.02 Å². The second-order valence-electron chi connectivity index (χ2n) is 6.94. The summed E-state index contributed by atoms with van der Waals surface area (Å²) in [6.07, 6.45) is 3.08. The fourth-order valence-corrected chi connectivity index (χ4v) is 4.37. The quantitative estimate of drug-likeness (QED) is 0.828. The molecule has 0 radical (unpaired) electrons. The third-order valence-electron chi connectivity index (χ3n) is 5.49. The largest absolute Gasteiger partial charge is 0.495 e. The molecule has 4 rings (SSSR count). The van der Waals surface area contributed by atoms with Crippen LogP contribution in [-0.2, 0) is 9.53 Å². The van der Waals surface area contributed by atoms with Gasteiger partial charge in [-0.2, -0.15) is 0 Å². The first kappa shape index (κ1) is 17.4. The van der Waals surface area contributed by atoms with E-state index in [9.17, 15) is 9.59 Å². The lowest BCUT2D eigenvalue weighted by Gasteiger charge is -2.38. The van der Waals surface area contributed by atoms with E-state index in [4.69, 9.17) is 21.1 Å². The molecule has 1 N–H and O–H groups in total. The lowest BCUT2D eigenvalue weighted by Crippen LogP contribution is -2.46. The number of H-pyrrole nitrogens is 1. The van der Waals surface area contributed by atoms with E-state index in [1.54, 1.807) is 13.2 Å². The molecule has 1 atom stereocenters. The van der Waals surface area contributed by atoms with Crippen molar-refractivity contribution in [3.8, 4) is 5.75 Å². The Morgan fingerprint density at radius 1 is 1.19 bits per heavy atom. The Labute approximate surface area is 155 Å². The van der Waals surface area contributed by atoms with E-state index in [0.717, 1.165) is 43.4 Å². The molecule has 140 valence electrons. The molecule has 2 aliphatic rings. The third kappa shape index (κ3) is 3.10. The van der Waals surface area contributed by atoms with Crippen LogP contribution >= 0.6 is 11.6 Å². The van der Waals surface area contributed by atoms with E-state index in [1.165, 1.54) is 0 Å². The van der Waals surface area contributed by atoms with Crippen LogP contribution < -0.4 is 10.4 Å². The third-order valence-corrected chi connectivity index (χ3v) is 5.78. The number of likely N-dealkylation sites (tertiary alicyclic amines) is 1. The zero-order valence-electron chi connectivity index (χ0n) is 14.7. The highest BCUT2D eigenvalue weighted by molar-refractivity contribution is 6.32. The molecule has 2 aromatic rings. The van der Waals surface area contributed by atoms with Crippen LogP contribution in [0.1, 0.15) is 31.7 Å². The second-order valence-corrected chi connectivity index (χ2v) is 7.35. The standard InChI is InChI=1S/C18H22ClN3O4/c1-25-16-10-15-14(9-13(16)19)20-18(24)22(15)11-2-5-21(6-3-11)12-4-7-26-17(23)8-12/h9-12H,2-8H2,1H3,(H,20,24). The fourth-order valence-electron chi connectivity index (χ4n) is 4.13. The highest BCUT2D eigenvalue weighted by Crippen LogP contribution is 2.32. The zero-order chi connectivity index (χ0) is 18.3. The van der Waals surface area contributed by atoms with Crippen molar-refractivity contribution in [1.82, 2.24) is 14.5 Å². The van der Waals surface area contributed by atoms with Gasteiger partial charge in [0, 0.05) is 31.2 Å². The van der Waals surface area contributed by atoms with E-state index in [0.29, 0.717) is 23.8 Å². The number of hydrogen-bond donors (Lipinski definition) is 1. The van der Waals surface area contributed by atoms with Gasteiger partial charge < -0.3 is 14.5 Å². The number of aromatic nitrogens is 2. The van der Waals surface area contributed by atoms with Crippen LogP contribution in [0.15, 0.2) is 16.9 Å². The van der Waals surface area contributed by atoms with Crippen LogP contribution in [0.25, 0.3) is 11.0 Å². The lowest BCUT2D eigenvalue weighted by atomic mass is 9.99. The molecule has 8 heteroatoms. The molecule has 2 fully saturated rings. The number of nitrogens with zero attached hydrogens (tertiary/aromatic N) is 2. The van der Waals surface area contributed by atoms with Gasteiger partial charge in [-0.25, -0.2) is 4.79 Å². The monoisotopic (exact) mass is 379 g/mol. The van der Waals surface area contributed by atoms with E-state index in [-0.39, 0.29) is 23.7 Å². The van der Waals surface area contributed by atoms with Gasteiger partial charge in [0.1, 0.15) is 5.75 Å². The van der Waals surface area contributed by atoms with Crippen molar-refractivity contribution >= 4 is 28.6 Å². The molecule has 0 saturated carbocycles. The number of imidazole rings is 1. The number of rotatable bonds is 3. The fraction of sp³-hybridized carbons (Fsp3) is 0.556. The summed E-state index contributed by atoms with van der Waals surface area (Å²) in [5, 5.41) is 0.479. The summed E-state index contributed by atoms with van der Waals surface area (Å²) in [5.74, 6) is 0.449. The molecule has 0 bridgehead atoms. The number of piperidine rings is 1. The Morgan fingerprint density at radius 3 is 2.65 bits per heavy atom. The molecular weight excluding hydrogens is 358 g/mol. The molecule has 7 nitrogen and oxygen atoms in total. The van der Waals surface area contributed by atoms with Crippen molar-refractivity contribution in [2.24, 2.45) is 0 Å². The number of hydrogen-bond acceptors (Lipinski definition) is 5. The zero-order valence-corrected chi connectivity index (χ0v) is 15.4. The van der Waals surface area contributed by atoms with Crippen molar-refractivity contribution in [3.63, 3.8) is 0 Å². The minimum Gasteiger partial charge on any atom is -0.495 e. The maximum atomic E-state index is 12.5. The summed E-state index contributed by atoms with van der Waals surface area (Å²) in [5.41, 5.74) is 1.42. The minimum absolute atomic E-state index is 0.111. The normalized spacial score (nSPS) is 22.5. The predicted molar refractivity (Wildman–Crippen MR) is 97.9 cm³/mol. The predicted octanol–water partition coefficient (Wildman–Crippen LogP) is 2.33. The van der Waals surface area contributed by atoms with Crippen LogP contribution in [-0.4, -0.2) is 53.3 Å². The first-order valence-electron chi connectivity index (χ1n) is 8.94. The van der Waals surface area contributed by atoms with Gasteiger partial charge in [-0.3, -0.25) is 14.3 Å². The van der Waals surface area contributed by atoms with Gasteiger partial charge in [0.2, 0.25) is 0 Å². The van der Waals surface area contributed by atoms with Gasteiger partial charge in [-0.15, -0.1) is 0 Å². The summed E-state index contributed by atoms with van der Waals surface area (Å²) in [4.78, 5) is 29.3. The summed E-state index contributed by atoms with van der Waals surface area (Å²) < 4.78 is 12.2. The molecule has 0 spiro atoms. The van der Waals surface area contributed by atoms with Gasteiger partial charge in [0.05, 0.1) is 36.2 Å². The van der Waals surface area contributed by atoms with Crippen molar-refractivity contribution in [2.75, 3.05) is 26.8 Å². The molecule has 2 saturated heterocycles. The van der Waals surface area contributed by atoms with Gasteiger partial charge in [0.15, 0.2) is 0 Å².